The van der Waals surface area contributed by atoms with Gasteiger partial charge in [0.2, 0.25) is 0 Å². The van der Waals surface area contributed by atoms with Gasteiger partial charge < -0.3 is 18.9 Å². The maximum atomic E-state index is 14.1. The molecule has 72 heavy (non-hydrogen) atoms. The van der Waals surface area contributed by atoms with Crippen molar-refractivity contribution in [3.63, 3.8) is 0 Å². The zero-order chi connectivity index (χ0) is 48.1. The Morgan fingerprint density at radius 2 is 0.417 bits per heavy atom. The molecule has 0 spiro atoms. The third-order valence-corrected chi connectivity index (χ3v) is 13.4. The second-order valence-corrected chi connectivity index (χ2v) is 17.8. The van der Waals surface area contributed by atoms with E-state index in [0.29, 0.717) is 68.2 Å². The van der Waals surface area contributed by atoms with Gasteiger partial charge in [0.1, 0.15) is 46.0 Å². The third-order valence-electron chi connectivity index (χ3n) is 13.4. The molecular weight excluding hydrogens is 889 g/mol. The Bertz CT molecular complexity index is 3570. The summed E-state index contributed by atoms with van der Waals surface area (Å²) in [6.45, 7) is 0. The lowest BCUT2D eigenvalue weighted by Crippen LogP contribution is -2.02. The first kappa shape index (κ1) is 42.3. The SMILES string of the molecule is O=C1c2ccc(cc2)Oc2ccc3ccccc3c2-c2c(ccc3ccccc23)Oc2ccc(cc2)C(=O)c2ccc(cc2)Oc2ccc3ccccc3c2-c2c(ccc3ccccc23)Oc2ccc1cc2. The highest BCUT2D eigenvalue weighted by Crippen LogP contribution is 2.49. The highest BCUT2D eigenvalue weighted by Gasteiger charge is 2.23. The molecule has 0 atom stereocenters. The molecule has 0 radical (unpaired) electrons. The number of rotatable bonds is 0. The first-order chi connectivity index (χ1) is 35.5. The van der Waals surface area contributed by atoms with Gasteiger partial charge in [0, 0.05) is 44.5 Å². The van der Waals surface area contributed by atoms with Crippen molar-refractivity contribution < 1.29 is 28.5 Å². The number of hydrogen-bond donors (Lipinski definition) is 0. The molecule has 12 aromatic carbocycles. The van der Waals surface area contributed by atoms with E-state index in [1.165, 1.54) is 0 Å². The molecule has 0 fully saturated rings. The van der Waals surface area contributed by atoms with Gasteiger partial charge in [-0.15, -0.1) is 0 Å². The van der Waals surface area contributed by atoms with Crippen LogP contribution >= 0.6 is 0 Å². The molecule has 19 rings (SSSR count). The fraction of sp³-hybridized carbons (Fsp3) is 0. The lowest BCUT2D eigenvalue weighted by molar-refractivity contribution is 0.103. The first-order valence-electron chi connectivity index (χ1n) is 23.8. The van der Waals surface area contributed by atoms with Gasteiger partial charge in [-0.2, -0.15) is 0 Å². The molecule has 6 nitrogen and oxygen atoms in total. The Morgan fingerprint density at radius 3 is 0.639 bits per heavy atom. The summed E-state index contributed by atoms with van der Waals surface area (Å²) in [5.41, 5.74) is 5.48. The molecule has 0 saturated carbocycles. The third kappa shape index (κ3) is 7.64. The zero-order valence-corrected chi connectivity index (χ0v) is 38.5. The van der Waals surface area contributed by atoms with Crippen molar-refractivity contribution in [3.05, 3.63) is 265 Å². The summed E-state index contributed by atoms with van der Waals surface area (Å²) in [7, 11) is 0. The molecule has 0 unspecified atom stereocenters. The van der Waals surface area contributed by atoms with E-state index in [0.717, 1.165) is 65.3 Å². The van der Waals surface area contributed by atoms with Crippen molar-refractivity contribution in [2.24, 2.45) is 0 Å². The Hall–Kier alpha value is -9.78. The summed E-state index contributed by atoms with van der Waals surface area (Å²) in [6.07, 6.45) is 0. The van der Waals surface area contributed by atoms with Gasteiger partial charge >= 0.3 is 0 Å². The van der Waals surface area contributed by atoms with Crippen molar-refractivity contribution in [2.75, 3.05) is 0 Å². The summed E-state index contributed by atoms with van der Waals surface area (Å²) in [6, 6.07) is 78.0. The molecule has 7 aliphatic heterocycles. The van der Waals surface area contributed by atoms with Gasteiger partial charge in [-0.05, 0) is 164 Å². The monoisotopic (exact) mass is 928 g/mol. The number of ether oxygens (including phenoxy) is 4. The van der Waals surface area contributed by atoms with Crippen LogP contribution in [0, 0.1) is 0 Å². The number of ketones is 2. The predicted octanol–water partition coefficient (Wildman–Crippen LogP) is 17.6. The highest BCUT2D eigenvalue weighted by molar-refractivity contribution is 6.13. The molecule has 0 amide bonds. The Morgan fingerprint density at radius 1 is 0.208 bits per heavy atom. The molecule has 340 valence electrons. The van der Waals surface area contributed by atoms with E-state index in [1.807, 2.05) is 121 Å². The molecule has 12 aromatic rings. The second kappa shape index (κ2) is 17.6. The molecule has 0 saturated heterocycles. The standard InChI is InChI=1S/C66H40O6/c67-65-45-17-29-49(30-18-45)69-57-37-25-41-9-1-5-13-53(41)61(57)62-54-14-6-2-10-42(54)26-38-58(62)70-50-31-19-46(20-32-50)66(68)48-23-35-52(36-24-48)72-60-40-28-44-12-4-8-16-56(44)64(60)63-55-15-7-3-11-43(55)27-39-59(63)71-51-33-21-47(65)22-34-51/h1-40H. The summed E-state index contributed by atoms with van der Waals surface area (Å²) >= 11 is 0. The van der Waals surface area contributed by atoms with Crippen LogP contribution in [-0.2, 0) is 0 Å². The van der Waals surface area contributed by atoms with Crippen LogP contribution in [0.4, 0.5) is 0 Å². The van der Waals surface area contributed by atoms with Gasteiger partial charge in [0.15, 0.2) is 11.6 Å². The quantitative estimate of drug-likeness (QED) is 0.151. The number of fused-ring (bicyclic) bond motifs is 4. The first-order valence-corrected chi connectivity index (χ1v) is 23.8. The van der Waals surface area contributed by atoms with Crippen LogP contribution < -0.4 is 18.9 Å². The molecule has 0 aliphatic carbocycles. The maximum Gasteiger partial charge on any atom is 0.193 e. The van der Waals surface area contributed by atoms with Crippen LogP contribution in [-0.4, -0.2) is 11.6 Å². The van der Waals surface area contributed by atoms with Crippen LogP contribution in [0.3, 0.4) is 0 Å². The Balaban J connectivity index is 0.955. The van der Waals surface area contributed by atoms with Crippen LogP contribution in [0.1, 0.15) is 31.8 Å². The van der Waals surface area contributed by atoms with Crippen molar-refractivity contribution in [3.8, 4) is 68.2 Å². The summed E-state index contributed by atoms with van der Waals surface area (Å²) in [4.78, 5) is 28.2. The fourth-order valence-corrected chi connectivity index (χ4v) is 9.92. The minimum Gasteiger partial charge on any atom is -0.457 e. The minimum atomic E-state index is -0.133. The van der Waals surface area contributed by atoms with Gasteiger partial charge in [-0.1, -0.05) is 121 Å². The van der Waals surface area contributed by atoms with E-state index < -0.39 is 0 Å². The van der Waals surface area contributed by atoms with E-state index in [4.69, 9.17) is 18.9 Å². The molecule has 7 aliphatic rings. The van der Waals surface area contributed by atoms with Crippen LogP contribution in [0.2, 0.25) is 0 Å². The van der Waals surface area contributed by atoms with Crippen LogP contribution in [0.25, 0.3) is 65.3 Å². The van der Waals surface area contributed by atoms with Gasteiger partial charge in [-0.3, -0.25) is 9.59 Å². The summed E-state index contributed by atoms with van der Waals surface area (Å²) in [5.74, 6) is 4.47. The minimum absolute atomic E-state index is 0.133. The van der Waals surface area contributed by atoms with Crippen molar-refractivity contribution >= 4 is 54.7 Å². The van der Waals surface area contributed by atoms with E-state index in [2.05, 4.69) is 72.8 Å². The number of hydrogen-bond acceptors (Lipinski definition) is 6. The summed E-state index contributed by atoms with van der Waals surface area (Å²) < 4.78 is 27.2. The van der Waals surface area contributed by atoms with Crippen molar-refractivity contribution in [1.82, 2.24) is 0 Å². The van der Waals surface area contributed by atoms with E-state index in [-0.39, 0.29) is 11.6 Å². The lowest BCUT2D eigenvalue weighted by Gasteiger charge is -2.20. The van der Waals surface area contributed by atoms with Crippen molar-refractivity contribution in [1.29, 1.82) is 0 Å². The highest BCUT2D eigenvalue weighted by atomic mass is 16.5. The van der Waals surface area contributed by atoms with E-state index >= 15 is 0 Å². The summed E-state index contributed by atoms with van der Waals surface area (Å²) in [5, 5.41) is 8.06. The molecule has 7 heterocycles. The van der Waals surface area contributed by atoms with E-state index in [1.54, 1.807) is 48.5 Å². The van der Waals surface area contributed by atoms with Gasteiger partial charge in [0.05, 0.1) is 0 Å². The largest absolute Gasteiger partial charge is 0.457 e. The fourth-order valence-electron chi connectivity index (χ4n) is 9.92. The zero-order valence-electron chi connectivity index (χ0n) is 38.5. The molecular formula is C66H40O6. The molecule has 8 bridgehead atoms. The van der Waals surface area contributed by atoms with Gasteiger partial charge in [0.25, 0.3) is 0 Å². The molecule has 0 N–H and O–H groups in total. The Kier molecular flexibility index (Phi) is 10.4. The smallest absolute Gasteiger partial charge is 0.193 e. The second-order valence-electron chi connectivity index (χ2n) is 17.8. The normalized spacial score (nSPS) is 12.4. The number of carbonyl (C=O) groups is 2. The van der Waals surface area contributed by atoms with Crippen molar-refractivity contribution in [2.45, 2.75) is 0 Å². The lowest BCUT2D eigenvalue weighted by atomic mass is 9.92. The van der Waals surface area contributed by atoms with E-state index in [9.17, 15) is 9.59 Å². The average Bonchev–Trinajstić information content (AvgIpc) is 3.43. The molecule has 6 heteroatoms. The predicted molar refractivity (Wildman–Crippen MR) is 287 cm³/mol. The average molecular weight is 929 g/mol. The topological polar surface area (TPSA) is 71.1 Å². The number of carbonyl (C=O) groups excluding carboxylic acids is 2. The molecule has 0 aromatic heterocycles. The maximum absolute atomic E-state index is 14.1. The van der Waals surface area contributed by atoms with Crippen LogP contribution in [0.15, 0.2) is 243 Å². The van der Waals surface area contributed by atoms with Crippen LogP contribution in [0.5, 0.6) is 46.0 Å². The Labute approximate surface area is 414 Å². The number of benzene rings is 12. The van der Waals surface area contributed by atoms with Gasteiger partial charge in [-0.25, -0.2) is 0 Å².